The molecule has 5 nitrogen and oxygen atoms in total. The largest absolute Gasteiger partial charge is 0.399 e. The molecule has 1 aromatic carbocycles. The Balaban J connectivity index is 2.05. The Morgan fingerprint density at radius 3 is 2.90 bits per heavy atom. The molecule has 1 unspecified atom stereocenters. The minimum Gasteiger partial charge on any atom is -0.399 e. The predicted molar refractivity (Wildman–Crippen MR) is 77.5 cm³/mol. The highest BCUT2D eigenvalue weighted by atomic mass is 19.1. The zero-order valence-corrected chi connectivity index (χ0v) is 11.6. The van der Waals surface area contributed by atoms with Gasteiger partial charge in [0, 0.05) is 18.2 Å². The van der Waals surface area contributed by atoms with Crippen molar-refractivity contribution in [3.8, 4) is 0 Å². The average Bonchev–Trinajstić information content (AvgIpc) is 2.47. The molecule has 1 aliphatic carbocycles. The van der Waals surface area contributed by atoms with Crippen LogP contribution in [0.4, 0.5) is 10.3 Å². The van der Waals surface area contributed by atoms with Crippen LogP contribution in [-0.4, -0.2) is 22.8 Å². The van der Waals surface area contributed by atoms with Crippen LogP contribution in [0.3, 0.4) is 0 Å². The normalized spacial score (nSPS) is 19.3. The molecule has 0 fully saturated rings. The third-order valence-corrected chi connectivity index (χ3v) is 3.62. The van der Waals surface area contributed by atoms with Crippen molar-refractivity contribution in [2.75, 3.05) is 12.8 Å². The number of rotatable bonds is 2. The molecule has 0 spiro atoms. The Morgan fingerprint density at radius 1 is 1.33 bits per heavy atom. The van der Waals surface area contributed by atoms with Gasteiger partial charge in [-0.25, -0.2) is 14.4 Å². The Hall–Kier alpha value is -2.50. The molecular formula is C15H15FN4O. The first-order valence-corrected chi connectivity index (χ1v) is 6.65. The number of halogens is 1. The molecule has 6 heteroatoms. The first-order chi connectivity index (χ1) is 10.2. The van der Waals surface area contributed by atoms with E-state index in [1.807, 2.05) is 6.07 Å². The van der Waals surface area contributed by atoms with E-state index in [1.54, 1.807) is 18.3 Å². The minimum atomic E-state index is -0.218. The molecule has 0 bridgehead atoms. The molecule has 2 N–H and O–H groups in total. The zero-order chi connectivity index (χ0) is 14.8. The summed E-state index contributed by atoms with van der Waals surface area (Å²) in [6.45, 7) is 0. The van der Waals surface area contributed by atoms with Crippen LogP contribution in [-0.2, 0) is 11.3 Å². The van der Waals surface area contributed by atoms with E-state index in [0.717, 1.165) is 11.3 Å². The maximum absolute atomic E-state index is 14.0. The summed E-state index contributed by atoms with van der Waals surface area (Å²) in [4.78, 5) is 13.1. The summed E-state index contributed by atoms with van der Waals surface area (Å²) in [5.74, 6) is -0.0497. The second-order valence-electron chi connectivity index (χ2n) is 4.94. The van der Waals surface area contributed by atoms with Crippen molar-refractivity contribution >= 4 is 11.7 Å². The second-order valence-corrected chi connectivity index (χ2v) is 4.94. The molecule has 2 aromatic rings. The number of nitrogens with zero attached hydrogens (tertiary/aromatic N) is 3. The van der Waals surface area contributed by atoms with Crippen molar-refractivity contribution in [2.24, 2.45) is 5.16 Å². The summed E-state index contributed by atoms with van der Waals surface area (Å²) in [7, 11) is 1.48. The first kappa shape index (κ1) is 13.5. The number of anilines is 1. The van der Waals surface area contributed by atoms with Gasteiger partial charge < -0.3 is 10.6 Å². The van der Waals surface area contributed by atoms with E-state index in [1.165, 1.54) is 13.2 Å². The van der Waals surface area contributed by atoms with Gasteiger partial charge in [0.25, 0.3) is 0 Å². The van der Waals surface area contributed by atoms with Gasteiger partial charge in [-0.05, 0) is 24.0 Å². The van der Waals surface area contributed by atoms with E-state index in [4.69, 9.17) is 10.6 Å². The number of hydrogen-bond acceptors (Lipinski definition) is 5. The van der Waals surface area contributed by atoms with Crippen LogP contribution in [0.2, 0.25) is 0 Å². The minimum absolute atomic E-state index is 0.0399. The van der Waals surface area contributed by atoms with Gasteiger partial charge in [-0.15, -0.1) is 0 Å². The topological polar surface area (TPSA) is 73.4 Å². The van der Waals surface area contributed by atoms with Gasteiger partial charge in [-0.2, -0.15) is 0 Å². The smallest absolute Gasteiger partial charge is 0.220 e. The summed E-state index contributed by atoms with van der Waals surface area (Å²) < 4.78 is 14.0. The molecule has 1 aromatic heterocycles. The van der Waals surface area contributed by atoms with Gasteiger partial charge in [0.15, 0.2) is 0 Å². The fraction of sp³-hybridized carbons (Fsp3) is 0.267. The standard InChI is InChI=1S/C15H15FN4O/c1-21-20-14-7-9(10-4-2-3-5-12(10)16)6-13-11(14)8-18-15(17)19-13/h2-5,8-9H,6-7H2,1H3,(H2,17,18,19). The number of fused-ring (bicyclic) bond motifs is 1. The van der Waals surface area contributed by atoms with E-state index in [-0.39, 0.29) is 17.7 Å². The first-order valence-electron chi connectivity index (χ1n) is 6.65. The second kappa shape index (κ2) is 5.47. The molecule has 1 atom stereocenters. The maximum atomic E-state index is 14.0. The summed E-state index contributed by atoms with van der Waals surface area (Å²) in [6.07, 6.45) is 2.83. The van der Waals surface area contributed by atoms with Crippen molar-refractivity contribution in [3.05, 3.63) is 53.1 Å². The van der Waals surface area contributed by atoms with E-state index in [9.17, 15) is 4.39 Å². The Labute approximate surface area is 121 Å². The van der Waals surface area contributed by atoms with E-state index in [2.05, 4.69) is 15.1 Å². The molecule has 0 radical (unpaired) electrons. The maximum Gasteiger partial charge on any atom is 0.220 e. The number of nitrogen functional groups attached to an aromatic ring is 1. The van der Waals surface area contributed by atoms with Crippen molar-refractivity contribution in [1.82, 2.24) is 9.97 Å². The predicted octanol–water partition coefficient (Wildman–Crippen LogP) is 2.28. The van der Waals surface area contributed by atoms with Crippen LogP contribution in [0, 0.1) is 5.82 Å². The Kier molecular flexibility index (Phi) is 3.51. The van der Waals surface area contributed by atoms with Gasteiger partial charge in [0.05, 0.1) is 11.4 Å². The molecular weight excluding hydrogens is 271 g/mol. The molecule has 1 aliphatic rings. The van der Waals surface area contributed by atoms with Crippen LogP contribution in [0.15, 0.2) is 35.6 Å². The summed E-state index contributed by atoms with van der Waals surface area (Å²) >= 11 is 0. The van der Waals surface area contributed by atoms with Crippen LogP contribution in [0.1, 0.15) is 29.2 Å². The summed E-state index contributed by atoms with van der Waals surface area (Å²) in [5.41, 5.74) is 8.61. The fourth-order valence-electron chi connectivity index (χ4n) is 2.70. The fourth-order valence-corrected chi connectivity index (χ4v) is 2.70. The Morgan fingerprint density at radius 2 is 2.14 bits per heavy atom. The molecule has 0 saturated carbocycles. The van der Waals surface area contributed by atoms with E-state index < -0.39 is 0 Å². The lowest BCUT2D eigenvalue weighted by Gasteiger charge is -2.25. The highest BCUT2D eigenvalue weighted by Crippen LogP contribution is 2.33. The van der Waals surface area contributed by atoms with Crippen molar-refractivity contribution in [3.63, 3.8) is 0 Å². The number of aromatic nitrogens is 2. The van der Waals surface area contributed by atoms with E-state index >= 15 is 0 Å². The summed E-state index contributed by atoms with van der Waals surface area (Å²) in [6, 6.07) is 6.77. The van der Waals surface area contributed by atoms with Gasteiger partial charge in [-0.3, -0.25) is 0 Å². The molecule has 21 heavy (non-hydrogen) atoms. The lowest BCUT2D eigenvalue weighted by molar-refractivity contribution is 0.212. The van der Waals surface area contributed by atoms with Gasteiger partial charge >= 0.3 is 0 Å². The SMILES string of the molecule is CON=C1CC(c2ccccc2F)Cc2nc(N)ncc21. The number of oxime groups is 1. The van der Waals surface area contributed by atoms with Gasteiger partial charge in [0.1, 0.15) is 12.9 Å². The van der Waals surface area contributed by atoms with Gasteiger partial charge in [-0.1, -0.05) is 23.4 Å². The van der Waals surface area contributed by atoms with Crippen molar-refractivity contribution in [2.45, 2.75) is 18.8 Å². The lowest BCUT2D eigenvalue weighted by atomic mass is 9.81. The number of hydrogen-bond donors (Lipinski definition) is 1. The lowest BCUT2D eigenvalue weighted by Crippen LogP contribution is -2.22. The number of benzene rings is 1. The highest BCUT2D eigenvalue weighted by Gasteiger charge is 2.28. The average molecular weight is 286 g/mol. The third kappa shape index (κ3) is 2.56. The molecule has 3 rings (SSSR count). The van der Waals surface area contributed by atoms with Crippen LogP contribution in [0.25, 0.3) is 0 Å². The molecule has 0 aliphatic heterocycles. The number of nitrogens with two attached hydrogens (primary N) is 1. The zero-order valence-electron chi connectivity index (χ0n) is 11.6. The quantitative estimate of drug-likeness (QED) is 0.859. The van der Waals surface area contributed by atoms with Crippen LogP contribution >= 0.6 is 0 Å². The van der Waals surface area contributed by atoms with Crippen LogP contribution < -0.4 is 5.73 Å². The molecule has 0 saturated heterocycles. The monoisotopic (exact) mass is 286 g/mol. The van der Waals surface area contributed by atoms with Gasteiger partial charge in [0.2, 0.25) is 5.95 Å². The summed E-state index contributed by atoms with van der Waals surface area (Å²) in [5, 5.41) is 4.03. The van der Waals surface area contributed by atoms with Crippen molar-refractivity contribution in [1.29, 1.82) is 0 Å². The Bertz CT molecular complexity index is 702. The highest BCUT2D eigenvalue weighted by molar-refractivity contribution is 6.02. The molecule has 1 heterocycles. The van der Waals surface area contributed by atoms with Crippen LogP contribution in [0.5, 0.6) is 0 Å². The molecule has 108 valence electrons. The van der Waals surface area contributed by atoms with Crippen molar-refractivity contribution < 1.29 is 9.23 Å². The molecule has 0 amide bonds. The van der Waals surface area contributed by atoms with E-state index in [0.29, 0.717) is 24.1 Å². The third-order valence-electron chi connectivity index (χ3n) is 3.62.